The second kappa shape index (κ2) is 7.95. The highest BCUT2D eigenvalue weighted by molar-refractivity contribution is 5.85. The van der Waals surface area contributed by atoms with Crippen molar-refractivity contribution in [2.75, 3.05) is 6.54 Å². The SMILES string of the molecule is CC(NCCC1(C)Oc2ccccc2O1)C(O)c1ccc(O)cc1.Cl. The first-order valence-corrected chi connectivity index (χ1v) is 8.14. The smallest absolute Gasteiger partial charge is 0.250 e. The molecule has 0 aliphatic carbocycles. The molecule has 5 nitrogen and oxygen atoms in total. The average molecular weight is 366 g/mol. The molecular weight excluding hydrogens is 342 g/mol. The number of halogens is 1. The van der Waals surface area contributed by atoms with Crippen LogP contribution in [0.1, 0.15) is 31.9 Å². The molecule has 2 atom stereocenters. The summed E-state index contributed by atoms with van der Waals surface area (Å²) in [6, 6.07) is 14.1. The molecule has 0 saturated heterocycles. The van der Waals surface area contributed by atoms with Gasteiger partial charge >= 0.3 is 0 Å². The van der Waals surface area contributed by atoms with Crippen LogP contribution >= 0.6 is 12.4 Å². The van der Waals surface area contributed by atoms with Gasteiger partial charge in [0.05, 0.1) is 6.10 Å². The zero-order valence-electron chi connectivity index (χ0n) is 14.3. The predicted octanol–water partition coefficient (Wildman–Crippen LogP) is 3.40. The second-order valence-electron chi connectivity index (χ2n) is 6.31. The van der Waals surface area contributed by atoms with Crippen molar-refractivity contribution in [1.82, 2.24) is 5.32 Å². The number of fused-ring (bicyclic) bond motifs is 1. The van der Waals surface area contributed by atoms with Crippen LogP contribution in [0.25, 0.3) is 0 Å². The number of rotatable bonds is 6. The van der Waals surface area contributed by atoms with Gasteiger partial charge in [0.25, 0.3) is 0 Å². The van der Waals surface area contributed by atoms with Gasteiger partial charge in [0, 0.05) is 25.9 Å². The Balaban J connectivity index is 0.00000225. The summed E-state index contributed by atoms with van der Waals surface area (Å²) in [6.45, 7) is 4.47. The maximum absolute atomic E-state index is 10.4. The standard InChI is InChI=1S/C19H23NO4.ClH/c1-13(18(22)14-7-9-15(21)10-8-14)20-12-11-19(2)23-16-5-3-4-6-17(16)24-19;/h3-10,13,18,20-22H,11-12H2,1-2H3;1H. The van der Waals surface area contributed by atoms with Gasteiger partial charge in [-0.2, -0.15) is 0 Å². The fourth-order valence-electron chi connectivity index (χ4n) is 2.81. The van der Waals surface area contributed by atoms with Gasteiger partial charge in [-0.25, -0.2) is 0 Å². The number of hydrogen-bond donors (Lipinski definition) is 3. The maximum Gasteiger partial charge on any atom is 0.250 e. The highest BCUT2D eigenvalue weighted by atomic mass is 35.5. The topological polar surface area (TPSA) is 71.0 Å². The molecule has 1 aliphatic rings. The lowest BCUT2D eigenvalue weighted by Gasteiger charge is -2.26. The van der Waals surface area contributed by atoms with E-state index in [9.17, 15) is 10.2 Å². The number of aliphatic hydroxyl groups is 1. The van der Waals surface area contributed by atoms with E-state index < -0.39 is 11.9 Å². The van der Waals surface area contributed by atoms with E-state index >= 15 is 0 Å². The summed E-state index contributed by atoms with van der Waals surface area (Å²) in [7, 11) is 0. The molecule has 2 aromatic carbocycles. The molecule has 0 fully saturated rings. The number of benzene rings is 2. The van der Waals surface area contributed by atoms with Crippen molar-refractivity contribution in [3.63, 3.8) is 0 Å². The predicted molar refractivity (Wildman–Crippen MR) is 98.5 cm³/mol. The summed E-state index contributed by atoms with van der Waals surface area (Å²) < 4.78 is 11.8. The van der Waals surface area contributed by atoms with Gasteiger partial charge in [0.1, 0.15) is 5.75 Å². The maximum atomic E-state index is 10.4. The number of ether oxygens (including phenoxy) is 2. The van der Waals surface area contributed by atoms with Crippen molar-refractivity contribution >= 4 is 12.4 Å². The number of aromatic hydroxyl groups is 1. The fraction of sp³-hybridized carbons (Fsp3) is 0.368. The van der Waals surface area contributed by atoms with Gasteiger partial charge in [-0.15, -0.1) is 12.4 Å². The monoisotopic (exact) mass is 365 g/mol. The van der Waals surface area contributed by atoms with Gasteiger partial charge < -0.3 is 25.0 Å². The molecule has 1 heterocycles. The van der Waals surface area contributed by atoms with Crippen LogP contribution in [0.4, 0.5) is 0 Å². The van der Waals surface area contributed by atoms with E-state index in [0.717, 1.165) is 17.1 Å². The van der Waals surface area contributed by atoms with Gasteiger partial charge in [-0.3, -0.25) is 0 Å². The van der Waals surface area contributed by atoms with Crippen LogP contribution in [0, 0.1) is 0 Å². The third kappa shape index (κ3) is 4.57. The van der Waals surface area contributed by atoms with Gasteiger partial charge in [-0.1, -0.05) is 24.3 Å². The first-order chi connectivity index (χ1) is 11.5. The molecule has 3 N–H and O–H groups in total. The van der Waals surface area contributed by atoms with Crippen LogP contribution in [-0.2, 0) is 0 Å². The van der Waals surface area contributed by atoms with Crippen LogP contribution in [0.5, 0.6) is 17.2 Å². The number of aliphatic hydroxyl groups excluding tert-OH is 1. The second-order valence-corrected chi connectivity index (χ2v) is 6.31. The molecule has 1 aliphatic heterocycles. The average Bonchev–Trinajstić information content (AvgIpc) is 2.91. The third-order valence-corrected chi connectivity index (χ3v) is 4.25. The summed E-state index contributed by atoms with van der Waals surface area (Å²) in [4.78, 5) is 0. The Labute approximate surface area is 154 Å². The Morgan fingerprint density at radius 3 is 2.16 bits per heavy atom. The molecule has 6 heteroatoms. The molecule has 0 saturated carbocycles. The van der Waals surface area contributed by atoms with Crippen LogP contribution in [0.15, 0.2) is 48.5 Å². The molecule has 136 valence electrons. The lowest BCUT2D eigenvalue weighted by atomic mass is 10.0. The zero-order chi connectivity index (χ0) is 17.2. The minimum Gasteiger partial charge on any atom is -0.508 e. The van der Waals surface area contributed by atoms with Crippen molar-refractivity contribution in [3.8, 4) is 17.2 Å². The Morgan fingerprint density at radius 2 is 1.60 bits per heavy atom. The fourth-order valence-corrected chi connectivity index (χ4v) is 2.81. The summed E-state index contributed by atoms with van der Waals surface area (Å²) in [5.41, 5.74) is 0.764. The molecule has 2 aromatic rings. The van der Waals surface area contributed by atoms with Crippen LogP contribution < -0.4 is 14.8 Å². The van der Waals surface area contributed by atoms with Gasteiger partial charge in [0.2, 0.25) is 5.79 Å². The minimum absolute atomic E-state index is 0. The number of phenols is 1. The lowest BCUT2D eigenvalue weighted by Crippen LogP contribution is -2.41. The number of phenolic OH excluding ortho intramolecular Hbond substituents is 1. The van der Waals surface area contributed by atoms with E-state index in [-0.39, 0.29) is 24.2 Å². The lowest BCUT2D eigenvalue weighted by molar-refractivity contribution is -0.0681. The molecule has 2 unspecified atom stereocenters. The Morgan fingerprint density at radius 1 is 1.04 bits per heavy atom. The molecule has 0 aromatic heterocycles. The van der Waals surface area contributed by atoms with Crippen LogP contribution in [0.2, 0.25) is 0 Å². The Kier molecular flexibility index (Phi) is 6.16. The van der Waals surface area contributed by atoms with E-state index in [1.165, 1.54) is 0 Å². The minimum atomic E-state index is -0.695. The summed E-state index contributed by atoms with van der Waals surface area (Å²) in [6.07, 6.45) is -0.00469. The Bertz CT molecular complexity index is 667. The first-order valence-electron chi connectivity index (χ1n) is 8.14. The van der Waals surface area contributed by atoms with Crippen LogP contribution in [0.3, 0.4) is 0 Å². The highest BCUT2D eigenvalue weighted by Crippen LogP contribution is 2.40. The van der Waals surface area contributed by atoms with E-state index in [1.54, 1.807) is 24.3 Å². The van der Waals surface area contributed by atoms with Crippen molar-refractivity contribution in [2.45, 2.75) is 38.2 Å². The number of nitrogens with one attached hydrogen (secondary N) is 1. The van der Waals surface area contributed by atoms with Gasteiger partial charge in [0.15, 0.2) is 11.5 Å². The first kappa shape index (κ1) is 19.4. The number of para-hydroxylation sites is 2. The largest absolute Gasteiger partial charge is 0.508 e. The molecule has 0 bridgehead atoms. The number of hydrogen-bond acceptors (Lipinski definition) is 5. The summed E-state index contributed by atoms with van der Waals surface area (Å²) in [5, 5.41) is 23.0. The molecule has 0 amide bonds. The summed E-state index contributed by atoms with van der Waals surface area (Å²) >= 11 is 0. The van der Waals surface area contributed by atoms with E-state index in [1.807, 2.05) is 38.1 Å². The van der Waals surface area contributed by atoms with Crippen molar-refractivity contribution in [3.05, 3.63) is 54.1 Å². The molecular formula is C19H24ClNO4. The van der Waals surface area contributed by atoms with Crippen LogP contribution in [-0.4, -0.2) is 28.6 Å². The van der Waals surface area contributed by atoms with E-state index in [4.69, 9.17) is 9.47 Å². The molecule has 25 heavy (non-hydrogen) atoms. The Hall–Kier alpha value is -1.95. The third-order valence-electron chi connectivity index (χ3n) is 4.25. The van der Waals surface area contributed by atoms with Crippen molar-refractivity contribution < 1.29 is 19.7 Å². The summed E-state index contributed by atoms with van der Waals surface area (Å²) in [5.74, 6) is 1.02. The molecule has 0 radical (unpaired) electrons. The zero-order valence-corrected chi connectivity index (χ0v) is 15.1. The molecule has 3 rings (SSSR count). The van der Waals surface area contributed by atoms with E-state index in [2.05, 4.69) is 5.32 Å². The van der Waals surface area contributed by atoms with E-state index in [0.29, 0.717) is 13.0 Å². The quantitative estimate of drug-likeness (QED) is 0.731. The van der Waals surface area contributed by atoms with Crippen molar-refractivity contribution in [2.24, 2.45) is 0 Å². The van der Waals surface area contributed by atoms with Crippen molar-refractivity contribution in [1.29, 1.82) is 0 Å². The highest BCUT2D eigenvalue weighted by Gasteiger charge is 2.36. The van der Waals surface area contributed by atoms with Gasteiger partial charge in [-0.05, 0) is 36.8 Å². The molecule has 0 spiro atoms. The normalized spacial score (nSPS) is 16.8.